The van der Waals surface area contributed by atoms with Crippen LogP contribution in [0.4, 0.5) is 4.39 Å². The summed E-state index contributed by atoms with van der Waals surface area (Å²) in [5, 5.41) is 0. The second-order valence-electron chi connectivity index (χ2n) is 5.26. The fourth-order valence-corrected chi connectivity index (χ4v) is 1.92. The van der Waals surface area contributed by atoms with E-state index >= 15 is 0 Å². The normalized spacial score (nSPS) is 10.3. The van der Waals surface area contributed by atoms with Gasteiger partial charge in [-0.2, -0.15) is 0 Å². The zero-order valence-electron chi connectivity index (χ0n) is 14.5. The number of benzene rings is 2. The molecule has 0 aliphatic carbocycles. The lowest BCUT2D eigenvalue weighted by Gasteiger charge is -2.08. The summed E-state index contributed by atoms with van der Waals surface area (Å²) < 4.78 is 23.7. The molecule has 27 heavy (non-hydrogen) atoms. The zero-order valence-corrected chi connectivity index (χ0v) is 14.5. The Morgan fingerprint density at radius 2 is 1.78 bits per heavy atom. The van der Waals surface area contributed by atoms with Crippen LogP contribution in [0.2, 0.25) is 0 Å². The summed E-state index contributed by atoms with van der Waals surface area (Å²) in [7, 11) is 0. The van der Waals surface area contributed by atoms with Gasteiger partial charge in [0.2, 0.25) is 0 Å². The van der Waals surface area contributed by atoms with Crippen LogP contribution in [0.1, 0.15) is 5.56 Å². The van der Waals surface area contributed by atoms with Crippen LogP contribution < -0.4 is 20.3 Å². The average molecular weight is 370 g/mol. The van der Waals surface area contributed by atoms with Gasteiger partial charge in [0.05, 0.1) is 0 Å². The highest BCUT2D eigenvalue weighted by Gasteiger charge is 2.06. The lowest BCUT2D eigenvalue weighted by molar-refractivity contribution is -0.128. The maximum atomic E-state index is 13.4. The van der Waals surface area contributed by atoms with Crippen molar-refractivity contribution in [3.05, 3.63) is 78.6 Å². The maximum Gasteiger partial charge on any atom is 0.276 e. The molecule has 0 aliphatic rings. The maximum absolute atomic E-state index is 13.4. The molecule has 2 aromatic rings. The molecule has 0 saturated carbocycles. The first-order chi connectivity index (χ1) is 13.1. The topological polar surface area (TPSA) is 76.7 Å². The van der Waals surface area contributed by atoms with Crippen molar-refractivity contribution >= 4 is 17.9 Å². The molecule has 7 heteroatoms. The number of rotatable bonds is 8. The Morgan fingerprint density at radius 3 is 2.48 bits per heavy atom. The summed E-state index contributed by atoms with van der Waals surface area (Å²) in [6.45, 7) is 3.55. The van der Waals surface area contributed by atoms with Crippen LogP contribution in [-0.4, -0.2) is 25.0 Å². The predicted molar refractivity (Wildman–Crippen MR) is 99.3 cm³/mol. The Bertz CT molecular complexity index is 819. The van der Waals surface area contributed by atoms with Gasteiger partial charge >= 0.3 is 0 Å². The molecule has 2 rings (SSSR count). The SMILES string of the molecule is C=CCOc1ccc(/C=C/C(=O)NNC(=O)COc2ccccc2F)cc1. The molecular weight excluding hydrogens is 351 g/mol. The average Bonchev–Trinajstić information content (AvgIpc) is 2.69. The van der Waals surface area contributed by atoms with E-state index in [1.54, 1.807) is 42.5 Å². The van der Waals surface area contributed by atoms with Crippen molar-refractivity contribution in [1.82, 2.24) is 10.9 Å². The Hall–Kier alpha value is -3.61. The molecule has 0 unspecified atom stereocenters. The second-order valence-corrected chi connectivity index (χ2v) is 5.26. The summed E-state index contributed by atoms with van der Waals surface area (Å²) in [4.78, 5) is 23.3. The van der Waals surface area contributed by atoms with Gasteiger partial charge in [-0.15, -0.1) is 0 Å². The van der Waals surface area contributed by atoms with Crippen molar-refractivity contribution in [1.29, 1.82) is 0 Å². The van der Waals surface area contributed by atoms with E-state index in [4.69, 9.17) is 9.47 Å². The van der Waals surface area contributed by atoms with Crippen LogP contribution in [0.15, 0.2) is 67.3 Å². The lowest BCUT2D eigenvalue weighted by atomic mass is 10.2. The summed E-state index contributed by atoms with van der Waals surface area (Å²) in [6.07, 6.45) is 4.49. The fourth-order valence-electron chi connectivity index (χ4n) is 1.92. The van der Waals surface area contributed by atoms with Gasteiger partial charge < -0.3 is 9.47 Å². The predicted octanol–water partition coefficient (Wildman–Crippen LogP) is 2.63. The van der Waals surface area contributed by atoms with Gasteiger partial charge in [0, 0.05) is 6.08 Å². The quantitative estimate of drug-likeness (QED) is 0.425. The number of ether oxygens (including phenoxy) is 2. The number of hydrazine groups is 1. The van der Waals surface area contributed by atoms with E-state index in [0.29, 0.717) is 12.4 Å². The van der Waals surface area contributed by atoms with Crippen LogP contribution in [-0.2, 0) is 9.59 Å². The van der Waals surface area contributed by atoms with Crippen molar-refractivity contribution in [3.8, 4) is 11.5 Å². The number of hydrogen-bond acceptors (Lipinski definition) is 4. The number of carbonyl (C=O) groups excluding carboxylic acids is 2. The molecule has 0 aromatic heterocycles. The molecule has 0 spiro atoms. The third-order valence-corrected chi connectivity index (χ3v) is 3.20. The molecule has 6 nitrogen and oxygen atoms in total. The molecule has 0 bridgehead atoms. The largest absolute Gasteiger partial charge is 0.490 e. The van der Waals surface area contributed by atoms with Crippen LogP contribution in [0.3, 0.4) is 0 Å². The third kappa shape index (κ3) is 7.03. The van der Waals surface area contributed by atoms with Crippen molar-refractivity contribution in [3.63, 3.8) is 0 Å². The molecule has 2 aromatic carbocycles. The highest BCUT2D eigenvalue weighted by atomic mass is 19.1. The van der Waals surface area contributed by atoms with E-state index in [1.165, 1.54) is 24.3 Å². The lowest BCUT2D eigenvalue weighted by Crippen LogP contribution is -2.43. The molecule has 2 amide bonds. The molecule has 0 atom stereocenters. The van der Waals surface area contributed by atoms with E-state index in [-0.39, 0.29) is 5.75 Å². The van der Waals surface area contributed by atoms with Crippen LogP contribution in [0, 0.1) is 5.82 Å². The zero-order chi connectivity index (χ0) is 19.5. The summed E-state index contributed by atoms with van der Waals surface area (Å²) >= 11 is 0. The minimum atomic E-state index is -0.622. The molecule has 2 N–H and O–H groups in total. The van der Waals surface area contributed by atoms with Crippen molar-refractivity contribution in [2.75, 3.05) is 13.2 Å². The summed E-state index contributed by atoms with van der Waals surface area (Å²) in [5.74, 6) is -1.07. The third-order valence-electron chi connectivity index (χ3n) is 3.20. The van der Waals surface area contributed by atoms with Crippen LogP contribution in [0.25, 0.3) is 6.08 Å². The first-order valence-electron chi connectivity index (χ1n) is 8.06. The monoisotopic (exact) mass is 370 g/mol. The highest BCUT2D eigenvalue weighted by molar-refractivity contribution is 5.93. The minimum absolute atomic E-state index is 0.0422. The molecule has 0 saturated heterocycles. The Kier molecular flexibility index (Phi) is 7.59. The number of carbonyl (C=O) groups is 2. The highest BCUT2D eigenvalue weighted by Crippen LogP contribution is 2.15. The molecule has 0 fully saturated rings. The smallest absolute Gasteiger partial charge is 0.276 e. The molecule has 140 valence electrons. The Labute approximate surface area is 156 Å². The van der Waals surface area contributed by atoms with Gasteiger partial charge in [0.15, 0.2) is 18.2 Å². The summed E-state index contributed by atoms with van der Waals surface area (Å²) in [5.41, 5.74) is 5.16. The van der Waals surface area contributed by atoms with Crippen LogP contribution in [0.5, 0.6) is 11.5 Å². The first-order valence-corrected chi connectivity index (χ1v) is 8.06. The van der Waals surface area contributed by atoms with E-state index in [9.17, 15) is 14.0 Å². The molecular formula is C20H19FN2O4. The summed E-state index contributed by atoms with van der Waals surface area (Å²) in [6, 6.07) is 12.8. The standard InChI is InChI=1S/C20H19FN2O4/c1-2-13-26-16-10-7-15(8-11-16)9-12-19(24)22-23-20(25)14-27-18-6-4-3-5-17(18)21/h2-12H,1,13-14H2,(H,22,24)(H,23,25)/b12-9+. The fraction of sp³-hybridized carbons (Fsp3) is 0.100. The number of hydrogen-bond donors (Lipinski definition) is 2. The van der Waals surface area contributed by atoms with Gasteiger partial charge in [0.1, 0.15) is 12.4 Å². The van der Waals surface area contributed by atoms with Gasteiger partial charge in [-0.25, -0.2) is 4.39 Å². The number of halogens is 1. The van der Waals surface area contributed by atoms with Crippen molar-refractivity contribution < 1.29 is 23.5 Å². The van der Waals surface area contributed by atoms with E-state index in [0.717, 1.165) is 5.56 Å². The second kappa shape index (κ2) is 10.4. The Balaban J connectivity index is 1.73. The van der Waals surface area contributed by atoms with Crippen molar-refractivity contribution in [2.45, 2.75) is 0 Å². The van der Waals surface area contributed by atoms with Gasteiger partial charge in [-0.3, -0.25) is 20.4 Å². The van der Waals surface area contributed by atoms with E-state index in [2.05, 4.69) is 17.4 Å². The molecule has 0 heterocycles. The van der Waals surface area contributed by atoms with Gasteiger partial charge in [0.25, 0.3) is 11.8 Å². The van der Waals surface area contributed by atoms with Crippen LogP contribution >= 0.6 is 0 Å². The van der Waals surface area contributed by atoms with Gasteiger partial charge in [-0.1, -0.05) is 36.9 Å². The van der Waals surface area contributed by atoms with E-state index < -0.39 is 24.2 Å². The minimum Gasteiger partial charge on any atom is -0.490 e. The van der Waals surface area contributed by atoms with Gasteiger partial charge in [-0.05, 0) is 35.9 Å². The Morgan fingerprint density at radius 1 is 1.04 bits per heavy atom. The number of nitrogens with one attached hydrogen (secondary N) is 2. The number of para-hydroxylation sites is 1. The van der Waals surface area contributed by atoms with E-state index in [1.807, 2.05) is 0 Å². The molecule has 0 radical (unpaired) electrons. The van der Waals surface area contributed by atoms with Crippen molar-refractivity contribution in [2.24, 2.45) is 0 Å². The first kappa shape index (κ1) is 19.7. The number of amides is 2. The molecule has 0 aliphatic heterocycles.